The van der Waals surface area contributed by atoms with Gasteiger partial charge in [0.2, 0.25) is 0 Å². The van der Waals surface area contributed by atoms with Crippen LogP contribution in [0.25, 0.3) is 0 Å². The summed E-state index contributed by atoms with van der Waals surface area (Å²) in [7, 11) is 4.97. The highest BCUT2D eigenvalue weighted by atomic mass is 35.5. The molecule has 0 aliphatic carbocycles. The zero-order valence-corrected chi connectivity index (χ0v) is 13.9. The third kappa shape index (κ3) is 6.67. The number of carbonyl (C=O) groups is 1. The Morgan fingerprint density at radius 3 is 2.64 bits per heavy atom. The zero-order valence-electron chi connectivity index (χ0n) is 13.1. The molecule has 6 nitrogen and oxygen atoms in total. The summed E-state index contributed by atoms with van der Waals surface area (Å²) in [6.07, 6.45) is 0.296. The molecule has 0 radical (unpaired) electrons. The van der Waals surface area contributed by atoms with E-state index in [4.69, 9.17) is 16.3 Å². The summed E-state index contributed by atoms with van der Waals surface area (Å²) < 4.78 is 10.2. The first kappa shape index (κ1) is 18.1. The number of halogens is 1. The number of hydrogen-bond acceptors (Lipinski definition) is 4. The topological polar surface area (TPSA) is 63.2 Å². The quantitative estimate of drug-likeness (QED) is 0.470. The van der Waals surface area contributed by atoms with Crippen molar-refractivity contribution >= 4 is 23.5 Å². The number of carbonyl (C=O) groups excluding carboxylic acids is 1. The van der Waals surface area contributed by atoms with Gasteiger partial charge in [0.25, 0.3) is 0 Å². The molecule has 0 saturated heterocycles. The standard InChI is InChI=1S/C15H22ClN3O3/c1-17-15(18-9-8-14(20)21-3)19(2)10-11-22-13-6-4-12(16)5-7-13/h4-7H,8-11H2,1-3H3,(H,17,18). The molecule has 7 heteroatoms. The molecule has 0 saturated carbocycles. The molecule has 0 aliphatic rings. The summed E-state index contributed by atoms with van der Waals surface area (Å²) in [6, 6.07) is 7.22. The molecular weight excluding hydrogens is 306 g/mol. The molecule has 1 aromatic carbocycles. The van der Waals surface area contributed by atoms with E-state index in [1.165, 1.54) is 7.11 Å². The van der Waals surface area contributed by atoms with E-state index in [1.54, 1.807) is 19.2 Å². The smallest absolute Gasteiger partial charge is 0.307 e. The average Bonchev–Trinajstić information content (AvgIpc) is 2.53. The van der Waals surface area contributed by atoms with Gasteiger partial charge in [-0.05, 0) is 24.3 Å². The Kier molecular flexibility index (Phi) is 8.14. The predicted octanol–water partition coefficient (Wildman–Crippen LogP) is 1.79. The minimum absolute atomic E-state index is 0.253. The van der Waals surface area contributed by atoms with Gasteiger partial charge in [-0.25, -0.2) is 0 Å². The summed E-state index contributed by atoms with van der Waals surface area (Å²) in [5.41, 5.74) is 0. The van der Waals surface area contributed by atoms with Gasteiger partial charge < -0.3 is 19.7 Å². The number of guanidine groups is 1. The minimum Gasteiger partial charge on any atom is -0.492 e. The second kappa shape index (κ2) is 9.89. The van der Waals surface area contributed by atoms with Crippen molar-refractivity contribution in [2.75, 3.05) is 40.9 Å². The number of nitrogens with one attached hydrogen (secondary N) is 1. The lowest BCUT2D eigenvalue weighted by atomic mass is 10.3. The highest BCUT2D eigenvalue weighted by Gasteiger charge is 2.07. The molecular formula is C15H22ClN3O3. The molecule has 0 spiro atoms. The second-order valence-electron chi connectivity index (χ2n) is 4.52. The number of nitrogens with zero attached hydrogens (tertiary/aromatic N) is 2. The van der Waals surface area contributed by atoms with E-state index in [0.29, 0.717) is 37.1 Å². The van der Waals surface area contributed by atoms with E-state index < -0.39 is 0 Å². The summed E-state index contributed by atoms with van der Waals surface area (Å²) in [6.45, 7) is 1.64. The maximum atomic E-state index is 11.1. The van der Waals surface area contributed by atoms with Crippen LogP contribution in [0.4, 0.5) is 0 Å². The molecule has 0 heterocycles. The van der Waals surface area contributed by atoms with E-state index in [2.05, 4.69) is 15.0 Å². The number of ether oxygens (including phenoxy) is 2. The zero-order chi connectivity index (χ0) is 16.4. The van der Waals surface area contributed by atoms with Crippen LogP contribution in [-0.2, 0) is 9.53 Å². The van der Waals surface area contributed by atoms with Crippen LogP contribution in [0.3, 0.4) is 0 Å². The fourth-order valence-corrected chi connectivity index (χ4v) is 1.83. The van der Waals surface area contributed by atoms with Crippen LogP contribution in [0.2, 0.25) is 5.02 Å². The number of esters is 1. The summed E-state index contributed by atoms with van der Waals surface area (Å²) in [4.78, 5) is 17.1. The van der Waals surface area contributed by atoms with Crippen LogP contribution in [0.15, 0.2) is 29.3 Å². The van der Waals surface area contributed by atoms with Crippen LogP contribution < -0.4 is 10.1 Å². The van der Waals surface area contributed by atoms with Crippen molar-refractivity contribution in [2.45, 2.75) is 6.42 Å². The number of aliphatic imine (C=N–C) groups is 1. The number of likely N-dealkylation sites (N-methyl/N-ethyl adjacent to an activating group) is 1. The van der Waals surface area contributed by atoms with E-state index in [9.17, 15) is 4.79 Å². The van der Waals surface area contributed by atoms with E-state index in [-0.39, 0.29) is 5.97 Å². The summed E-state index contributed by atoms with van der Waals surface area (Å²) in [5, 5.41) is 3.77. The van der Waals surface area contributed by atoms with Crippen molar-refractivity contribution in [1.29, 1.82) is 0 Å². The van der Waals surface area contributed by atoms with Crippen molar-refractivity contribution in [3.63, 3.8) is 0 Å². The summed E-state index contributed by atoms with van der Waals surface area (Å²) in [5.74, 6) is 1.21. The summed E-state index contributed by atoms with van der Waals surface area (Å²) >= 11 is 5.82. The van der Waals surface area contributed by atoms with Crippen molar-refractivity contribution in [3.05, 3.63) is 29.3 Å². The molecule has 1 rings (SSSR count). The van der Waals surface area contributed by atoms with Gasteiger partial charge in [-0.15, -0.1) is 0 Å². The monoisotopic (exact) mass is 327 g/mol. The van der Waals surface area contributed by atoms with Crippen molar-refractivity contribution in [2.24, 2.45) is 4.99 Å². The highest BCUT2D eigenvalue weighted by Crippen LogP contribution is 2.15. The van der Waals surface area contributed by atoms with Crippen molar-refractivity contribution in [1.82, 2.24) is 10.2 Å². The van der Waals surface area contributed by atoms with Gasteiger partial charge in [-0.2, -0.15) is 0 Å². The predicted molar refractivity (Wildman–Crippen MR) is 87.6 cm³/mol. The Balaban J connectivity index is 2.31. The SMILES string of the molecule is CN=C(NCCC(=O)OC)N(C)CCOc1ccc(Cl)cc1. The number of rotatable bonds is 7. The second-order valence-corrected chi connectivity index (χ2v) is 4.96. The third-order valence-corrected chi connectivity index (χ3v) is 3.17. The average molecular weight is 328 g/mol. The maximum Gasteiger partial charge on any atom is 0.307 e. The molecule has 1 aromatic rings. The van der Waals surface area contributed by atoms with Gasteiger partial charge in [-0.1, -0.05) is 11.6 Å². The van der Waals surface area contributed by atoms with Crippen molar-refractivity contribution < 1.29 is 14.3 Å². The molecule has 1 N–H and O–H groups in total. The first-order valence-electron chi connectivity index (χ1n) is 6.93. The number of hydrogen-bond donors (Lipinski definition) is 1. The molecule has 0 atom stereocenters. The molecule has 0 amide bonds. The highest BCUT2D eigenvalue weighted by molar-refractivity contribution is 6.30. The molecule has 122 valence electrons. The largest absolute Gasteiger partial charge is 0.492 e. The Labute approximate surface area is 136 Å². The lowest BCUT2D eigenvalue weighted by molar-refractivity contribution is -0.140. The lowest BCUT2D eigenvalue weighted by Gasteiger charge is -2.22. The molecule has 0 aliphatic heterocycles. The molecule has 22 heavy (non-hydrogen) atoms. The fourth-order valence-electron chi connectivity index (χ4n) is 1.70. The lowest BCUT2D eigenvalue weighted by Crippen LogP contribution is -2.41. The molecule has 0 bridgehead atoms. The maximum absolute atomic E-state index is 11.1. The van der Waals surface area contributed by atoms with Gasteiger partial charge in [0.15, 0.2) is 5.96 Å². The number of methoxy groups -OCH3 is 1. The van der Waals surface area contributed by atoms with Gasteiger partial charge >= 0.3 is 5.97 Å². The normalized spacial score (nSPS) is 11.0. The Morgan fingerprint density at radius 2 is 2.05 bits per heavy atom. The van der Waals surface area contributed by atoms with Crippen LogP contribution in [-0.4, -0.2) is 57.7 Å². The first-order valence-corrected chi connectivity index (χ1v) is 7.31. The van der Waals surface area contributed by atoms with Crippen molar-refractivity contribution in [3.8, 4) is 5.75 Å². The van der Waals surface area contributed by atoms with E-state index >= 15 is 0 Å². The van der Waals surface area contributed by atoms with Gasteiger partial charge in [0.1, 0.15) is 12.4 Å². The number of benzene rings is 1. The minimum atomic E-state index is -0.253. The van der Waals surface area contributed by atoms with Crippen LogP contribution >= 0.6 is 11.6 Å². The first-order chi connectivity index (χ1) is 10.6. The van der Waals surface area contributed by atoms with E-state index in [0.717, 1.165) is 5.75 Å². The van der Waals surface area contributed by atoms with E-state index in [1.807, 2.05) is 24.1 Å². The Morgan fingerprint density at radius 1 is 1.36 bits per heavy atom. The van der Waals surface area contributed by atoms with Crippen LogP contribution in [0, 0.1) is 0 Å². The third-order valence-electron chi connectivity index (χ3n) is 2.92. The van der Waals surface area contributed by atoms with Gasteiger partial charge in [-0.3, -0.25) is 9.79 Å². The van der Waals surface area contributed by atoms with Gasteiger partial charge in [0.05, 0.1) is 20.1 Å². The Bertz CT molecular complexity index is 491. The fraction of sp³-hybridized carbons (Fsp3) is 0.467. The van der Waals surface area contributed by atoms with Gasteiger partial charge in [0, 0.05) is 25.7 Å². The molecule has 0 aromatic heterocycles. The Hall–Kier alpha value is -1.95. The molecule has 0 fully saturated rings. The van der Waals surface area contributed by atoms with Crippen LogP contribution in [0.5, 0.6) is 5.75 Å². The molecule has 0 unspecified atom stereocenters. The van der Waals surface area contributed by atoms with Crippen LogP contribution in [0.1, 0.15) is 6.42 Å².